The first-order valence-corrected chi connectivity index (χ1v) is 10.0. The highest BCUT2D eigenvalue weighted by Gasteiger charge is 2.08. The van der Waals surface area contributed by atoms with Gasteiger partial charge in [-0.25, -0.2) is 0 Å². The van der Waals surface area contributed by atoms with Gasteiger partial charge in [-0.15, -0.1) is 10.2 Å². The maximum Gasteiger partial charge on any atom is 0.212 e. The normalized spacial score (nSPS) is 11.3. The molecule has 0 aliphatic heterocycles. The molecule has 0 radical (unpaired) electrons. The number of methoxy groups -OCH3 is 1. The molecule has 0 atom stereocenters. The molecule has 0 aliphatic carbocycles. The van der Waals surface area contributed by atoms with Crippen molar-refractivity contribution in [3.05, 3.63) is 65.5 Å². The molecule has 6 nitrogen and oxygen atoms in total. The third-order valence-corrected chi connectivity index (χ3v) is 4.87. The first-order chi connectivity index (χ1) is 13.5. The maximum absolute atomic E-state index is 5.74. The van der Waals surface area contributed by atoms with Gasteiger partial charge in [-0.2, -0.15) is 9.78 Å². The van der Waals surface area contributed by atoms with E-state index in [2.05, 4.69) is 46.5 Å². The van der Waals surface area contributed by atoms with Crippen molar-refractivity contribution in [3.63, 3.8) is 0 Å². The van der Waals surface area contributed by atoms with E-state index in [0.717, 1.165) is 16.5 Å². The lowest BCUT2D eigenvalue weighted by atomic mass is 10.2. The van der Waals surface area contributed by atoms with Crippen LogP contribution in [-0.4, -0.2) is 34.3 Å². The zero-order chi connectivity index (χ0) is 19.9. The van der Waals surface area contributed by atoms with E-state index < -0.39 is 0 Å². The second-order valence-corrected chi connectivity index (χ2v) is 7.50. The molecule has 1 aromatic heterocycles. The minimum Gasteiger partial charge on any atom is -0.493 e. The van der Waals surface area contributed by atoms with Gasteiger partial charge >= 0.3 is 0 Å². The molecule has 3 aromatic rings. The Kier molecular flexibility index (Phi) is 6.71. The molecule has 0 N–H and O–H groups in total. The molecule has 0 saturated heterocycles. The highest BCUT2D eigenvalue weighted by molar-refractivity contribution is 7.98. The van der Waals surface area contributed by atoms with Crippen molar-refractivity contribution >= 4 is 18.0 Å². The van der Waals surface area contributed by atoms with Gasteiger partial charge in [0.05, 0.1) is 19.4 Å². The van der Waals surface area contributed by atoms with Crippen LogP contribution >= 0.6 is 11.8 Å². The summed E-state index contributed by atoms with van der Waals surface area (Å²) in [6.07, 6.45) is 3.43. The van der Waals surface area contributed by atoms with E-state index in [1.165, 1.54) is 11.1 Å². The molecule has 146 valence electrons. The SMILES string of the molecule is COc1cc(C=Nn2cnnc2SCc2ccc(C)cc2)ccc1OC(C)C. The van der Waals surface area contributed by atoms with Crippen LogP contribution in [0.1, 0.15) is 30.5 Å². The van der Waals surface area contributed by atoms with Gasteiger partial charge in [0, 0.05) is 5.75 Å². The number of benzene rings is 2. The Hall–Kier alpha value is -2.80. The van der Waals surface area contributed by atoms with Gasteiger partial charge in [0.1, 0.15) is 6.33 Å². The lowest BCUT2D eigenvalue weighted by Crippen LogP contribution is -2.06. The molecule has 0 unspecified atom stereocenters. The van der Waals surface area contributed by atoms with Crippen LogP contribution in [0, 0.1) is 6.92 Å². The molecule has 7 heteroatoms. The van der Waals surface area contributed by atoms with Crippen LogP contribution in [0.25, 0.3) is 0 Å². The topological polar surface area (TPSA) is 61.5 Å². The van der Waals surface area contributed by atoms with Crippen LogP contribution in [0.3, 0.4) is 0 Å². The van der Waals surface area contributed by atoms with E-state index >= 15 is 0 Å². The maximum atomic E-state index is 5.74. The summed E-state index contributed by atoms with van der Waals surface area (Å²) in [5, 5.41) is 13.4. The summed E-state index contributed by atoms with van der Waals surface area (Å²) in [5.41, 5.74) is 3.39. The number of aryl methyl sites for hydroxylation is 1. The van der Waals surface area contributed by atoms with Crippen molar-refractivity contribution in [3.8, 4) is 11.5 Å². The summed E-state index contributed by atoms with van der Waals surface area (Å²) in [6.45, 7) is 6.05. The van der Waals surface area contributed by atoms with Gasteiger partial charge in [-0.1, -0.05) is 41.6 Å². The standard InChI is InChI=1S/C21H24N4O2S/c1-15(2)27-19-10-9-18(11-20(19)26-4)12-23-25-14-22-24-21(25)28-13-17-7-5-16(3)6-8-17/h5-12,14-15H,13H2,1-4H3. The van der Waals surface area contributed by atoms with Crippen LogP contribution in [-0.2, 0) is 5.75 Å². The number of aromatic nitrogens is 3. The van der Waals surface area contributed by atoms with Crippen LogP contribution in [0.5, 0.6) is 11.5 Å². The number of nitrogens with zero attached hydrogens (tertiary/aromatic N) is 4. The predicted molar refractivity (Wildman–Crippen MR) is 113 cm³/mol. The highest BCUT2D eigenvalue weighted by Crippen LogP contribution is 2.28. The molecule has 3 rings (SSSR count). The number of rotatable bonds is 8. The number of thioether (sulfide) groups is 1. The summed E-state index contributed by atoms with van der Waals surface area (Å²) in [6, 6.07) is 14.2. The Morgan fingerprint density at radius 2 is 1.93 bits per heavy atom. The third kappa shape index (κ3) is 5.36. The number of hydrogen-bond donors (Lipinski definition) is 0. The summed E-state index contributed by atoms with van der Waals surface area (Å²) < 4.78 is 12.8. The first-order valence-electron chi connectivity index (χ1n) is 9.02. The Morgan fingerprint density at radius 1 is 1.14 bits per heavy atom. The van der Waals surface area contributed by atoms with Crippen LogP contribution in [0.4, 0.5) is 0 Å². The molecule has 0 amide bonds. The fourth-order valence-corrected chi connectivity index (χ4v) is 3.29. The van der Waals surface area contributed by atoms with E-state index in [4.69, 9.17) is 9.47 Å². The monoisotopic (exact) mass is 396 g/mol. The summed E-state index contributed by atoms with van der Waals surface area (Å²) in [4.78, 5) is 0. The van der Waals surface area contributed by atoms with Crippen molar-refractivity contribution in [1.29, 1.82) is 0 Å². The largest absolute Gasteiger partial charge is 0.493 e. The van der Waals surface area contributed by atoms with Gasteiger partial charge in [-0.05, 0) is 50.1 Å². The second-order valence-electron chi connectivity index (χ2n) is 6.55. The van der Waals surface area contributed by atoms with Crippen molar-refractivity contribution in [2.45, 2.75) is 37.8 Å². The van der Waals surface area contributed by atoms with E-state index in [9.17, 15) is 0 Å². The van der Waals surface area contributed by atoms with Gasteiger partial charge in [-0.3, -0.25) is 0 Å². The molecule has 28 heavy (non-hydrogen) atoms. The van der Waals surface area contributed by atoms with E-state index in [-0.39, 0.29) is 6.10 Å². The Bertz CT molecular complexity index is 936. The number of ether oxygens (including phenoxy) is 2. The highest BCUT2D eigenvalue weighted by atomic mass is 32.2. The molecule has 1 heterocycles. The lowest BCUT2D eigenvalue weighted by molar-refractivity contribution is 0.230. The fraction of sp³-hybridized carbons (Fsp3) is 0.286. The molecule has 2 aromatic carbocycles. The number of hydrogen-bond acceptors (Lipinski definition) is 6. The summed E-state index contributed by atoms with van der Waals surface area (Å²) >= 11 is 1.60. The van der Waals surface area contributed by atoms with Gasteiger partial charge in [0.25, 0.3) is 0 Å². The van der Waals surface area contributed by atoms with Crippen molar-refractivity contribution in [1.82, 2.24) is 14.9 Å². The second kappa shape index (κ2) is 9.41. The molecular formula is C21H24N4O2S. The van der Waals surface area contributed by atoms with E-state index in [1.54, 1.807) is 36.1 Å². The van der Waals surface area contributed by atoms with Crippen LogP contribution in [0.15, 0.2) is 59.0 Å². The average Bonchev–Trinajstić information content (AvgIpc) is 3.13. The van der Waals surface area contributed by atoms with Crippen LogP contribution in [0.2, 0.25) is 0 Å². The molecule has 0 saturated carbocycles. The summed E-state index contributed by atoms with van der Waals surface area (Å²) in [5.74, 6) is 2.20. The predicted octanol–water partition coefficient (Wildman–Crippen LogP) is 4.56. The van der Waals surface area contributed by atoms with Gasteiger partial charge in [0.2, 0.25) is 5.16 Å². The molecular weight excluding hydrogens is 372 g/mol. The minimum atomic E-state index is 0.0820. The average molecular weight is 397 g/mol. The van der Waals surface area contributed by atoms with E-state index in [0.29, 0.717) is 11.5 Å². The zero-order valence-electron chi connectivity index (χ0n) is 16.5. The van der Waals surface area contributed by atoms with Crippen molar-refractivity contribution < 1.29 is 9.47 Å². The molecule has 0 aliphatic rings. The summed E-state index contributed by atoms with van der Waals surface area (Å²) in [7, 11) is 1.63. The quantitative estimate of drug-likeness (QED) is 0.413. The molecule has 0 spiro atoms. The van der Waals surface area contributed by atoms with Gasteiger partial charge in [0.15, 0.2) is 11.5 Å². The van der Waals surface area contributed by atoms with Crippen LogP contribution < -0.4 is 9.47 Å². The first kappa shape index (κ1) is 19.9. The van der Waals surface area contributed by atoms with E-state index in [1.807, 2.05) is 32.0 Å². The van der Waals surface area contributed by atoms with Gasteiger partial charge < -0.3 is 9.47 Å². The Morgan fingerprint density at radius 3 is 2.64 bits per heavy atom. The lowest BCUT2D eigenvalue weighted by Gasteiger charge is -2.13. The Balaban J connectivity index is 1.69. The smallest absolute Gasteiger partial charge is 0.212 e. The molecule has 0 fully saturated rings. The fourth-order valence-electron chi connectivity index (χ4n) is 2.47. The Labute approximate surface area is 169 Å². The van der Waals surface area contributed by atoms with Crippen molar-refractivity contribution in [2.24, 2.45) is 5.10 Å². The third-order valence-electron chi connectivity index (χ3n) is 3.87. The molecule has 0 bridgehead atoms. The van der Waals surface area contributed by atoms with Crippen molar-refractivity contribution in [2.75, 3.05) is 7.11 Å². The zero-order valence-corrected chi connectivity index (χ0v) is 17.3. The minimum absolute atomic E-state index is 0.0820.